The predicted molar refractivity (Wildman–Crippen MR) is 117 cm³/mol. The average molecular weight is 404 g/mol. The molecule has 2 aromatic heterocycles. The van der Waals surface area contributed by atoms with Crippen molar-refractivity contribution < 1.29 is 4.79 Å². The highest BCUT2D eigenvalue weighted by molar-refractivity contribution is 7.18. The standard InChI is InChI=1S/C23H21N3O2S/c1-25-19-8-4-2-6-16(19)17(14-21(25)27)23(28)26-12-10-15(11-13-26)22-24-18-7-3-5-9-20(18)29-22/h2-9,14-15H,10-13H2,1H3. The quantitative estimate of drug-likeness (QED) is 0.505. The molecule has 2 aromatic carbocycles. The molecule has 1 aliphatic heterocycles. The number of aromatic nitrogens is 2. The van der Waals surface area contributed by atoms with Gasteiger partial charge in [0.15, 0.2) is 0 Å². The lowest BCUT2D eigenvalue weighted by Crippen LogP contribution is -2.38. The molecule has 0 saturated carbocycles. The maximum absolute atomic E-state index is 13.2. The Bertz CT molecular complexity index is 1250. The van der Waals surface area contributed by atoms with Crippen molar-refractivity contribution in [2.45, 2.75) is 18.8 Å². The monoisotopic (exact) mass is 403 g/mol. The van der Waals surface area contributed by atoms with E-state index in [1.165, 1.54) is 10.8 Å². The summed E-state index contributed by atoms with van der Waals surface area (Å²) in [5, 5.41) is 1.99. The molecule has 4 aromatic rings. The first kappa shape index (κ1) is 18.1. The SMILES string of the molecule is Cn1c(=O)cc(C(=O)N2CCC(c3nc4ccccc4s3)CC2)c2ccccc21. The molecular weight excluding hydrogens is 382 g/mol. The van der Waals surface area contributed by atoms with Gasteiger partial charge < -0.3 is 9.47 Å². The Labute approximate surface area is 172 Å². The van der Waals surface area contributed by atoms with E-state index in [0.29, 0.717) is 24.6 Å². The molecule has 0 unspecified atom stereocenters. The molecule has 29 heavy (non-hydrogen) atoms. The number of piperidine rings is 1. The zero-order valence-electron chi connectivity index (χ0n) is 16.2. The van der Waals surface area contributed by atoms with E-state index in [0.717, 1.165) is 34.3 Å². The highest BCUT2D eigenvalue weighted by Gasteiger charge is 2.27. The van der Waals surface area contributed by atoms with Gasteiger partial charge in [0.25, 0.3) is 11.5 Å². The van der Waals surface area contributed by atoms with E-state index in [1.54, 1.807) is 23.0 Å². The highest BCUT2D eigenvalue weighted by Crippen LogP contribution is 2.34. The second-order valence-corrected chi connectivity index (χ2v) is 8.62. The van der Waals surface area contributed by atoms with E-state index in [4.69, 9.17) is 4.98 Å². The first-order valence-electron chi connectivity index (χ1n) is 9.85. The van der Waals surface area contributed by atoms with Crippen LogP contribution in [0, 0.1) is 0 Å². The summed E-state index contributed by atoms with van der Waals surface area (Å²) in [6.45, 7) is 1.37. The van der Waals surface area contributed by atoms with Crippen LogP contribution in [-0.2, 0) is 7.05 Å². The molecule has 1 fully saturated rings. The average Bonchev–Trinajstić information content (AvgIpc) is 3.20. The molecule has 3 heterocycles. The van der Waals surface area contributed by atoms with Crippen LogP contribution in [0.2, 0.25) is 0 Å². The van der Waals surface area contributed by atoms with Gasteiger partial charge in [0, 0.05) is 37.5 Å². The van der Waals surface area contributed by atoms with Crippen LogP contribution in [0.15, 0.2) is 59.4 Å². The largest absolute Gasteiger partial charge is 0.339 e. The predicted octanol–water partition coefficient (Wildman–Crippen LogP) is 4.17. The van der Waals surface area contributed by atoms with Crippen molar-refractivity contribution in [3.05, 3.63) is 75.5 Å². The second-order valence-electron chi connectivity index (χ2n) is 7.56. The fourth-order valence-electron chi connectivity index (χ4n) is 4.15. The fraction of sp³-hybridized carbons (Fsp3) is 0.261. The zero-order chi connectivity index (χ0) is 20.0. The number of likely N-dealkylation sites (tertiary alicyclic amines) is 1. The van der Waals surface area contributed by atoms with Crippen molar-refractivity contribution >= 4 is 38.4 Å². The summed E-state index contributed by atoms with van der Waals surface area (Å²) in [6.07, 6.45) is 1.79. The van der Waals surface area contributed by atoms with Gasteiger partial charge in [-0.15, -0.1) is 11.3 Å². The van der Waals surface area contributed by atoms with Crippen molar-refractivity contribution in [1.82, 2.24) is 14.5 Å². The molecule has 5 nitrogen and oxygen atoms in total. The topological polar surface area (TPSA) is 55.2 Å². The summed E-state index contributed by atoms with van der Waals surface area (Å²) < 4.78 is 2.80. The number of benzene rings is 2. The Morgan fingerprint density at radius 2 is 1.79 bits per heavy atom. The Kier molecular flexibility index (Phi) is 4.43. The van der Waals surface area contributed by atoms with Crippen molar-refractivity contribution in [2.24, 2.45) is 7.05 Å². The summed E-state index contributed by atoms with van der Waals surface area (Å²) in [7, 11) is 1.74. The number of thiazole rings is 1. The number of hydrogen-bond donors (Lipinski definition) is 0. The van der Waals surface area contributed by atoms with E-state index in [2.05, 4.69) is 12.1 Å². The van der Waals surface area contributed by atoms with Gasteiger partial charge in [-0.25, -0.2) is 4.98 Å². The number of hydrogen-bond acceptors (Lipinski definition) is 4. The lowest BCUT2D eigenvalue weighted by molar-refractivity contribution is 0.0714. The molecular formula is C23H21N3O2S. The number of fused-ring (bicyclic) bond motifs is 2. The number of pyridine rings is 1. The minimum atomic E-state index is -0.156. The first-order valence-corrected chi connectivity index (χ1v) is 10.7. The van der Waals surface area contributed by atoms with Crippen molar-refractivity contribution in [3.8, 4) is 0 Å². The van der Waals surface area contributed by atoms with E-state index in [9.17, 15) is 9.59 Å². The van der Waals surface area contributed by atoms with Crippen LogP contribution in [0.5, 0.6) is 0 Å². The summed E-state index contributed by atoms with van der Waals surface area (Å²) in [6, 6.07) is 17.3. The molecule has 0 spiro atoms. The van der Waals surface area contributed by atoms with E-state index in [1.807, 2.05) is 41.3 Å². The second kappa shape index (κ2) is 7.12. The lowest BCUT2D eigenvalue weighted by atomic mass is 9.96. The Balaban J connectivity index is 1.38. The maximum atomic E-state index is 13.2. The minimum Gasteiger partial charge on any atom is -0.339 e. The van der Waals surface area contributed by atoms with Crippen LogP contribution in [0.1, 0.15) is 34.1 Å². The van der Waals surface area contributed by atoms with Gasteiger partial charge in [0.2, 0.25) is 0 Å². The van der Waals surface area contributed by atoms with Gasteiger partial charge in [-0.1, -0.05) is 30.3 Å². The molecule has 146 valence electrons. The normalized spacial score (nSPS) is 15.3. The van der Waals surface area contributed by atoms with Crippen LogP contribution in [-0.4, -0.2) is 33.4 Å². The summed E-state index contributed by atoms with van der Waals surface area (Å²) in [5.74, 6) is 0.332. The molecule has 0 N–H and O–H groups in total. The third-order valence-corrected chi connectivity index (χ3v) is 7.03. The van der Waals surface area contributed by atoms with Crippen LogP contribution < -0.4 is 5.56 Å². The zero-order valence-corrected chi connectivity index (χ0v) is 17.0. The van der Waals surface area contributed by atoms with Gasteiger partial charge in [-0.3, -0.25) is 9.59 Å². The maximum Gasteiger partial charge on any atom is 0.254 e. The molecule has 5 rings (SSSR count). The molecule has 6 heteroatoms. The summed E-state index contributed by atoms with van der Waals surface area (Å²) >= 11 is 1.76. The third kappa shape index (κ3) is 3.13. The van der Waals surface area contributed by atoms with Crippen LogP contribution >= 0.6 is 11.3 Å². The molecule has 1 amide bonds. The Hall–Kier alpha value is -2.99. The number of aryl methyl sites for hydroxylation is 1. The lowest BCUT2D eigenvalue weighted by Gasteiger charge is -2.31. The first-order chi connectivity index (χ1) is 14.1. The summed E-state index contributed by atoms with van der Waals surface area (Å²) in [5.41, 5.74) is 2.18. The van der Waals surface area contributed by atoms with Crippen LogP contribution in [0.3, 0.4) is 0 Å². The molecule has 0 atom stereocenters. The van der Waals surface area contributed by atoms with Gasteiger partial charge in [-0.05, 0) is 31.0 Å². The third-order valence-electron chi connectivity index (χ3n) is 5.83. The van der Waals surface area contributed by atoms with Crippen LogP contribution in [0.25, 0.3) is 21.1 Å². The van der Waals surface area contributed by atoms with E-state index >= 15 is 0 Å². The number of rotatable bonds is 2. The van der Waals surface area contributed by atoms with E-state index < -0.39 is 0 Å². The Morgan fingerprint density at radius 1 is 1.07 bits per heavy atom. The molecule has 1 aliphatic rings. The number of amides is 1. The van der Waals surface area contributed by atoms with Crippen molar-refractivity contribution in [2.75, 3.05) is 13.1 Å². The van der Waals surface area contributed by atoms with Gasteiger partial charge >= 0.3 is 0 Å². The smallest absolute Gasteiger partial charge is 0.254 e. The van der Waals surface area contributed by atoms with Gasteiger partial charge in [-0.2, -0.15) is 0 Å². The molecule has 1 saturated heterocycles. The number of para-hydroxylation sites is 2. The highest BCUT2D eigenvalue weighted by atomic mass is 32.1. The van der Waals surface area contributed by atoms with Crippen molar-refractivity contribution in [3.63, 3.8) is 0 Å². The number of carbonyl (C=O) groups excluding carboxylic acids is 1. The van der Waals surface area contributed by atoms with Crippen molar-refractivity contribution in [1.29, 1.82) is 0 Å². The number of carbonyl (C=O) groups is 1. The van der Waals surface area contributed by atoms with Gasteiger partial charge in [0.1, 0.15) is 0 Å². The number of nitrogens with zero attached hydrogens (tertiary/aromatic N) is 3. The minimum absolute atomic E-state index is 0.0540. The van der Waals surface area contributed by atoms with Gasteiger partial charge in [0.05, 0.1) is 26.3 Å². The fourth-order valence-corrected chi connectivity index (χ4v) is 5.29. The molecule has 0 bridgehead atoms. The van der Waals surface area contributed by atoms with Crippen LogP contribution in [0.4, 0.5) is 0 Å². The van der Waals surface area contributed by atoms with E-state index in [-0.39, 0.29) is 11.5 Å². The molecule has 0 radical (unpaired) electrons. The molecule has 0 aliphatic carbocycles. The summed E-state index contributed by atoms with van der Waals surface area (Å²) in [4.78, 5) is 32.3. The Morgan fingerprint density at radius 3 is 2.59 bits per heavy atom.